The van der Waals surface area contributed by atoms with E-state index in [0.717, 1.165) is 85.0 Å². The number of rotatable bonds is 6. The van der Waals surface area contributed by atoms with Crippen molar-refractivity contribution in [2.75, 3.05) is 36.4 Å². The molecule has 0 saturated carbocycles. The van der Waals surface area contributed by atoms with Gasteiger partial charge >= 0.3 is 0 Å². The Balaban J connectivity index is 0.951. The molecule has 7 rings (SSSR count). The quantitative estimate of drug-likeness (QED) is 0.228. The fourth-order valence-electron chi connectivity index (χ4n) is 8.17. The van der Waals surface area contributed by atoms with Gasteiger partial charge in [0, 0.05) is 74.2 Å². The van der Waals surface area contributed by atoms with Gasteiger partial charge in [0.1, 0.15) is 12.0 Å². The highest BCUT2D eigenvalue weighted by Gasteiger charge is 2.33. The van der Waals surface area contributed by atoms with E-state index < -0.39 is 6.23 Å². The second kappa shape index (κ2) is 13.3. The number of anilines is 2. The highest BCUT2D eigenvalue weighted by Crippen LogP contribution is 2.37. The SMILES string of the molecule is Cc1c(-c2ccc(C(=O)N3CCC(C4CCN(c5ccc(NC6CCC(=O)NC6O)cc5F)CC4)CC3)c3[nH]ccc23)cn(C)c(=O)c1C. The predicted molar refractivity (Wildman–Crippen MR) is 189 cm³/mol. The van der Waals surface area contributed by atoms with E-state index in [-0.39, 0.29) is 29.2 Å². The van der Waals surface area contributed by atoms with E-state index in [9.17, 15) is 19.5 Å². The van der Waals surface area contributed by atoms with E-state index in [4.69, 9.17) is 0 Å². The zero-order valence-electron chi connectivity index (χ0n) is 28.4. The molecule has 5 heterocycles. The first-order chi connectivity index (χ1) is 23.6. The predicted octanol–water partition coefficient (Wildman–Crippen LogP) is 5.07. The number of aliphatic hydroxyl groups is 1. The summed E-state index contributed by atoms with van der Waals surface area (Å²) in [5.74, 6) is 0.641. The lowest BCUT2D eigenvalue weighted by molar-refractivity contribution is -0.126. The summed E-state index contributed by atoms with van der Waals surface area (Å²) in [7, 11) is 1.77. The molecule has 2 atom stereocenters. The maximum absolute atomic E-state index is 15.2. The molecule has 11 heteroatoms. The number of aromatic nitrogens is 2. The number of likely N-dealkylation sites (tertiary alicyclic amines) is 1. The normalized spacial score (nSPS) is 20.9. The van der Waals surface area contributed by atoms with Crippen molar-refractivity contribution in [3.05, 3.63) is 81.7 Å². The van der Waals surface area contributed by atoms with Gasteiger partial charge < -0.3 is 35.1 Å². The molecule has 4 N–H and O–H groups in total. The number of carbonyl (C=O) groups is 2. The number of nitrogens with zero attached hydrogens (tertiary/aromatic N) is 3. The van der Waals surface area contributed by atoms with Gasteiger partial charge in [-0.3, -0.25) is 14.4 Å². The standard InChI is InChI=1S/C38H45FN6O4/c1-22-23(2)37(48)43(3)21-30(22)27-5-6-29(35-28(27)10-15-40-35)38(49)45-18-13-25(14-19-45)24-11-16-44(17-12-24)33-8-4-26(20-31(33)39)41-32-7-9-34(46)42-36(32)47/h4-6,8,10,15,20-21,24-25,32,36,40-41,47H,7,9,11-14,16-19H2,1-3H3,(H,42,46). The molecule has 3 saturated heterocycles. The minimum atomic E-state index is -0.997. The van der Waals surface area contributed by atoms with Gasteiger partial charge in [-0.25, -0.2) is 4.39 Å². The molecule has 2 unspecified atom stereocenters. The van der Waals surface area contributed by atoms with E-state index in [2.05, 4.69) is 20.5 Å². The molecular weight excluding hydrogens is 623 g/mol. The van der Waals surface area contributed by atoms with E-state index >= 15 is 4.39 Å². The first-order valence-electron chi connectivity index (χ1n) is 17.4. The number of carbonyl (C=O) groups excluding carboxylic acids is 2. The zero-order valence-corrected chi connectivity index (χ0v) is 28.4. The lowest BCUT2D eigenvalue weighted by Crippen LogP contribution is -2.51. The van der Waals surface area contributed by atoms with Crippen LogP contribution in [0.5, 0.6) is 0 Å². The van der Waals surface area contributed by atoms with Gasteiger partial charge in [0.25, 0.3) is 11.5 Å². The molecular formula is C38H45FN6O4. The molecule has 3 aliphatic heterocycles. The first-order valence-corrected chi connectivity index (χ1v) is 17.4. The molecule has 258 valence electrons. The summed E-state index contributed by atoms with van der Waals surface area (Å²) >= 11 is 0. The van der Waals surface area contributed by atoms with Gasteiger partial charge in [-0.2, -0.15) is 0 Å². The number of aromatic amines is 1. The van der Waals surface area contributed by atoms with Gasteiger partial charge in [-0.1, -0.05) is 6.07 Å². The largest absolute Gasteiger partial charge is 0.378 e. The number of piperidine rings is 3. The Labute approximate surface area is 285 Å². The van der Waals surface area contributed by atoms with E-state index in [0.29, 0.717) is 41.6 Å². The van der Waals surface area contributed by atoms with Crippen molar-refractivity contribution in [2.24, 2.45) is 18.9 Å². The van der Waals surface area contributed by atoms with Crippen molar-refractivity contribution in [2.45, 2.75) is 64.6 Å². The van der Waals surface area contributed by atoms with E-state index in [1.165, 1.54) is 6.07 Å². The summed E-state index contributed by atoms with van der Waals surface area (Å²) in [4.78, 5) is 45.2. The highest BCUT2D eigenvalue weighted by atomic mass is 19.1. The highest BCUT2D eigenvalue weighted by molar-refractivity contribution is 6.09. The number of hydrogen-bond acceptors (Lipinski definition) is 6. The number of H-pyrrole nitrogens is 1. The monoisotopic (exact) mass is 668 g/mol. The Morgan fingerprint density at radius 1 is 0.918 bits per heavy atom. The third-order valence-corrected chi connectivity index (χ3v) is 11.2. The smallest absolute Gasteiger partial charge is 0.255 e. The van der Waals surface area contributed by atoms with Gasteiger partial charge in [-0.15, -0.1) is 0 Å². The summed E-state index contributed by atoms with van der Waals surface area (Å²) < 4.78 is 16.9. The minimum absolute atomic E-state index is 0.00330. The number of hydrogen-bond donors (Lipinski definition) is 4. The molecule has 3 aliphatic rings. The van der Waals surface area contributed by atoms with Crippen LogP contribution in [-0.2, 0) is 11.8 Å². The third kappa shape index (κ3) is 6.32. The maximum atomic E-state index is 15.2. The zero-order chi connectivity index (χ0) is 34.4. The van der Waals surface area contributed by atoms with Crippen molar-refractivity contribution < 1.29 is 19.1 Å². The molecule has 3 fully saturated rings. The van der Waals surface area contributed by atoms with Crippen molar-refractivity contribution in [3.63, 3.8) is 0 Å². The summed E-state index contributed by atoms with van der Waals surface area (Å²) in [6, 6.07) is 10.7. The average molecular weight is 669 g/mol. The summed E-state index contributed by atoms with van der Waals surface area (Å²) in [5.41, 5.74) is 6.31. The summed E-state index contributed by atoms with van der Waals surface area (Å²) in [6.07, 6.45) is 7.45. The summed E-state index contributed by atoms with van der Waals surface area (Å²) in [6.45, 7) is 6.83. The number of benzene rings is 2. The molecule has 2 aromatic carbocycles. The lowest BCUT2D eigenvalue weighted by Gasteiger charge is -2.41. The number of fused-ring (bicyclic) bond motifs is 1. The molecule has 0 radical (unpaired) electrons. The Morgan fingerprint density at radius 3 is 2.33 bits per heavy atom. The van der Waals surface area contributed by atoms with Crippen LogP contribution in [0.4, 0.5) is 15.8 Å². The molecule has 4 aromatic rings. The van der Waals surface area contributed by atoms with Crippen molar-refractivity contribution >= 4 is 34.1 Å². The van der Waals surface area contributed by atoms with Gasteiger partial charge in [0.15, 0.2) is 0 Å². The minimum Gasteiger partial charge on any atom is -0.378 e. The van der Waals surface area contributed by atoms with Crippen molar-refractivity contribution in [1.82, 2.24) is 19.8 Å². The van der Waals surface area contributed by atoms with Crippen LogP contribution in [0.2, 0.25) is 0 Å². The number of nitrogens with one attached hydrogen (secondary N) is 3. The molecule has 0 spiro atoms. The fourth-order valence-corrected chi connectivity index (χ4v) is 8.17. The van der Waals surface area contributed by atoms with Crippen LogP contribution in [0.25, 0.3) is 22.0 Å². The van der Waals surface area contributed by atoms with Gasteiger partial charge in [-0.05, 0) is 99.2 Å². The van der Waals surface area contributed by atoms with Crippen LogP contribution in [0, 0.1) is 31.5 Å². The first kappa shape index (κ1) is 32.9. The Kier molecular flexibility index (Phi) is 8.96. The van der Waals surface area contributed by atoms with Crippen LogP contribution in [0.15, 0.2) is 53.6 Å². The van der Waals surface area contributed by atoms with Crippen LogP contribution in [-0.4, -0.2) is 69.8 Å². The summed E-state index contributed by atoms with van der Waals surface area (Å²) in [5, 5.41) is 16.8. The molecule has 2 amide bonds. The Hall–Kier alpha value is -4.64. The van der Waals surface area contributed by atoms with Crippen LogP contribution < -0.4 is 21.1 Å². The second-order valence-corrected chi connectivity index (χ2v) is 14.1. The van der Waals surface area contributed by atoms with Gasteiger partial charge in [0.05, 0.1) is 22.8 Å². The van der Waals surface area contributed by atoms with E-state index in [1.807, 2.05) is 55.4 Å². The van der Waals surface area contributed by atoms with Crippen LogP contribution >= 0.6 is 0 Å². The maximum Gasteiger partial charge on any atom is 0.255 e. The lowest BCUT2D eigenvalue weighted by atomic mass is 9.78. The Morgan fingerprint density at radius 2 is 1.63 bits per heavy atom. The van der Waals surface area contributed by atoms with E-state index in [1.54, 1.807) is 17.7 Å². The number of amides is 2. The topological polar surface area (TPSA) is 123 Å². The second-order valence-electron chi connectivity index (χ2n) is 14.1. The molecule has 10 nitrogen and oxygen atoms in total. The molecule has 0 bridgehead atoms. The van der Waals surface area contributed by atoms with Gasteiger partial charge in [0.2, 0.25) is 5.91 Å². The van der Waals surface area contributed by atoms with Crippen LogP contribution in [0.3, 0.4) is 0 Å². The van der Waals surface area contributed by atoms with Crippen molar-refractivity contribution in [3.8, 4) is 11.1 Å². The molecule has 2 aromatic heterocycles. The molecule has 0 aliphatic carbocycles. The fraction of sp³-hybridized carbons (Fsp3) is 0.447. The number of pyridine rings is 1. The third-order valence-electron chi connectivity index (χ3n) is 11.2. The van der Waals surface area contributed by atoms with Crippen molar-refractivity contribution in [1.29, 1.82) is 0 Å². The number of aryl methyl sites for hydroxylation is 1. The number of halogens is 1. The number of aliphatic hydroxyl groups excluding tert-OH is 1. The van der Waals surface area contributed by atoms with Crippen LogP contribution in [0.1, 0.15) is 60.0 Å². The Bertz CT molecular complexity index is 1950. The average Bonchev–Trinajstić information content (AvgIpc) is 3.60. The molecule has 49 heavy (non-hydrogen) atoms.